The zero-order valence-corrected chi connectivity index (χ0v) is 10.5. The summed E-state index contributed by atoms with van der Waals surface area (Å²) in [6, 6.07) is 15.6. The molecule has 2 aromatic carbocycles. The topological polar surface area (TPSA) is 40.5 Å². The van der Waals surface area contributed by atoms with E-state index >= 15 is 0 Å². The van der Waals surface area contributed by atoms with Crippen LogP contribution in [-0.2, 0) is 0 Å². The smallest absolute Gasteiger partial charge is 0.272 e. The number of phenols is 1. The SMILES string of the molecule is O=C(c1ccccc1O)N(Br)c1ccccc1. The second kappa shape index (κ2) is 5.01. The van der Waals surface area contributed by atoms with Gasteiger partial charge in [0.1, 0.15) is 5.75 Å². The Morgan fingerprint density at radius 3 is 2.24 bits per heavy atom. The number of nitrogens with zero attached hydrogens (tertiary/aromatic N) is 1. The van der Waals surface area contributed by atoms with Crippen LogP contribution in [0.25, 0.3) is 0 Å². The van der Waals surface area contributed by atoms with Gasteiger partial charge in [-0.15, -0.1) is 0 Å². The van der Waals surface area contributed by atoms with Crippen LogP contribution in [-0.4, -0.2) is 11.0 Å². The summed E-state index contributed by atoms with van der Waals surface area (Å²) in [4.78, 5) is 12.1. The van der Waals surface area contributed by atoms with E-state index in [9.17, 15) is 9.90 Å². The third-order valence-electron chi connectivity index (χ3n) is 2.30. The summed E-state index contributed by atoms with van der Waals surface area (Å²) in [5, 5.41) is 9.61. The molecule has 17 heavy (non-hydrogen) atoms. The molecular formula is C13H10BrNO2. The number of anilines is 1. The molecule has 2 rings (SSSR count). The minimum atomic E-state index is -0.311. The minimum Gasteiger partial charge on any atom is -0.507 e. The van der Waals surface area contributed by atoms with Gasteiger partial charge in [-0.3, -0.25) is 4.79 Å². The molecule has 0 aliphatic heterocycles. The molecule has 3 nitrogen and oxygen atoms in total. The molecule has 86 valence electrons. The number of aromatic hydroxyl groups is 1. The van der Waals surface area contributed by atoms with Crippen molar-refractivity contribution in [2.45, 2.75) is 0 Å². The fourth-order valence-electron chi connectivity index (χ4n) is 1.44. The van der Waals surface area contributed by atoms with Crippen LogP contribution in [0.15, 0.2) is 54.6 Å². The van der Waals surface area contributed by atoms with Crippen molar-refractivity contribution < 1.29 is 9.90 Å². The van der Waals surface area contributed by atoms with Gasteiger partial charge in [-0.25, -0.2) is 3.93 Å². The number of halogens is 1. The molecular weight excluding hydrogens is 282 g/mol. The van der Waals surface area contributed by atoms with Crippen molar-refractivity contribution >= 4 is 27.7 Å². The standard InChI is InChI=1S/C13H10BrNO2/c14-15(10-6-2-1-3-7-10)13(17)11-8-4-5-9-12(11)16/h1-9,16H. The molecule has 0 unspecified atom stereocenters. The van der Waals surface area contributed by atoms with Crippen molar-refractivity contribution in [1.82, 2.24) is 0 Å². The number of hydrogen-bond donors (Lipinski definition) is 1. The van der Waals surface area contributed by atoms with Gasteiger partial charge in [-0.05, 0) is 24.3 Å². The first kappa shape index (κ1) is 11.7. The summed E-state index contributed by atoms with van der Waals surface area (Å²) < 4.78 is 1.32. The van der Waals surface area contributed by atoms with Gasteiger partial charge in [0.05, 0.1) is 27.4 Å². The Balaban J connectivity index is 2.30. The summed E-state index contributed by atoms with van der Waals surface area (Å²) in [5.41, 5.74) is 0.967. The number of rotatable bonds is 2. The number of carbonyl (C=O) groups excluding carboxylic acids is 1. The van der Waals surface area contributed by atoms with E-state index in [4.69, 9.17) is 0 Å². The van der Waals surface area contributed by atoms with Crippen LogP contribution in [0.3, 0.4) is 0 Å². The second-order valence-electron chi connectivity index (χ2n) is 3.44. The Labute approximate surface area is 108 Å². The van der Waals surface area contributed by atoms with Crippen molar-refractivity contribution in [2.75, 3.05) is 3.93 Å². The number of hydrogen-bond acceptors (Lipinski definition) is 2. The van der Waals surface area contributed by atoms with Gasteiger partial charge < -0.3 is 5.11 Å². The average Bonchev–Trinajstić information content (AvgIpc) is 2.39. The van der Waals surface area contributed by atoms with E-state index in [1.54, 1.807) is 30.3 Å². The number of para-hydroxylation sites is 2. The molecule has 0 aromatic heterocycles. The number of carbonyl (C=O) groups is 1. The van der Waals surface area contributed by atoms with E-state index < -0.39 is 0 Å². The van der Waals surface area contributed by atoms with Gasteiger partial charge in [0, 0.05) is 0 Å². The van der Waals surface area contributed by atoms with Crippen LogP contribution < -0.4 is 3.93 Å². The molecule has 2 aromatic rings. The van der Waals surface area contributed by atoms with Gasteiger partial charge >= 0.3 is 0 Å². The van der Waals surface area contributed by atoms with Gasteiger partial charge in [-0.2, -0.15) is 0 Å². The lowest BCUT2D eigenvalue weighted by molar-refractivity contribution is 0.101. The molecule has 0 bridgehead atoms. The molecule has 0 heterocycles. The fraction of sp³-hybridized carbons (Fsp3) is 0. The lowest BCUT2D eigenvalue weighted by atomic mass is 10.2. The van der Waals surface area contributed by atoms with Crippen LogP contribution in [0.1, 0.15) is 10.4 Å². The third kappa shape index (κ3) is 2.47. The molecule has 0 fully saturated rings. The number of benzene rings is 2. The van der Waals surface area contributed by atoms with Crippen LogP contribution >= 0.6 is 16.1 Å². The Kier molecular flexibility index (Phi) is 3.44. The average molecular weight is 292 g/mol. The zero-order chi connectivity index (χ0) is 12.3. The van der Waals surface area contributed by atoms with Gasteiger partial charge in [0.15, 0.2) is 0 Å². The quantitative estimate of drug-likeness (QED) is 0.862. The molecule has 0 spiro atoms. The van der Waals surface area contributed by atoms with E-state index in [2.05, 4.69) is 16.1 Å². The number of phenolic OH excluding ortho intramolecular Hbond substituents is 1. The molecule has 0 saturated heterocycles. The first-order valence-corrected chi connectivity index (χ1v) is 5.74. The van der Waals surface area contributed by atoms with E-state index in [0.29, 0.717) is 5.69 Å². The highest BCUT2D eigenvalue weighted by molar-refractivity contribution is 9.10. The zero-order valence-electron chi connectivity index (χ0n) is 8.88. The minimum absolute atomic E-state index is 0.0297. The van der Waals surface area contributed by atoms with Crippen molar-refractivity contribution in [3.63, 3.8) is 0 Å². The second-order valence-corrected chi connectivity index (χ2v) is 4.15. The Morgan fingerprint density at radius 2 is 1.59 bits per heavy atom. The highest BCUT2D eigenvalue weighted by Gasteiger charge is 2.17. The summed E-state index contributed by atoms with van der Waals surface area (Å²) >= 11 is 3.19. The monoisotopic (exact) mass is 291 g/mol. The molecule has 0 saturated carbocycles. The largest absolute Gasteiger partial charge is 0.507 e. The highest BCUT2D eigenvalue weighted by Crippen LogP contribution is 2.24. The maximum Gasteiger partial charge on any atom is 0.272 e. The van der Waals surface area contributed by atoms with Crippen molar-refractivity contribution in [3.05, 3.63) is 60.2 Å². The molecule has 1 N–H and O–H groups in total. The van der Waals surface area contributed by atoms with Crippen LogP contribution in [0.5, 0.6) is 5.75 Å². The third-order valence-corrected chi connectivity index (χ3v) is 3.03. The van der Waals surface area contributed by atoms with Crippen LogP contribution in [0, 0.1) is 0 Å². The van der Waals surface area contributed by atoms with Gasteiger partial charge in [0.25, 0.3) is 5.91 Å². The summed E-state index contributed by atoms with van der Waals surface area (Å²) in [6.07, 6.45) is 0. The summed E-state index contributed by atoms with van der Waals surface area (Å²) in [5.74, 6) is -0.341. The maximum atomic E-state index is 12.1. The molecule has 0 aliphatic rings. The maximum absolute atomic E-state index is 12.1. The van der Waals surface area contributed by atoms with E-state index in [1.807, 2.05) is 18.2 Å². The van der Waals surface area contributed by atoms with E-state index in [-0.39, 0.29) is 17.2 Å². The first-order chi connectivity index (χ1) is 8.20. The predicted octanol–water partition coefficient (Wildman–Crippen LogP) is 3.35. The molecule has 1 amide bonds. The van der Waals surface area contributed by atoms with Gasteiger partial charge in [-0.1, -0.05) is 30.3 Å². The van der Waals surface area contributed by atoms with Crippen LogP contribution in [0.2, 0.25) is 0 Å². The normalized spacial score (nSPS) is 9.94. The first-order valence-electron chi connectivity index (χ1n) is 5.03. The summed E-state index contributed by atoms with van der Waals surface area (Å²) in [6.45, 7) is 0. The van der Waals surface area contributed by atoms with Crippen molar-refractivity contribution in [3.8, 4) is 5.75 Å². The van der Waals surface area contributed by atoms with Gasteiger partial charge in [0.2, 0.25) is 0 Å². The van der Waals surface area contributed by atoms with Crippen molar-refractivity contribution in [2.24, 2.45) is 0 Å². The Bertz CT molecular complexity index is 528. The predicted molar refractivity (Wildman–Crippen MR) is 70.3 cm³/mol. The Morgan fingerprint density at radius 1 is 1.00 bits per heavy atom. The van der Waals surface area contributed by atoms with Crippen LogP contribution in [0.4, 0.5) is 5.69 Å². The van der Waals surface area contributed by atoms with E-state index in [0.717, 1.165) is 0 Å². The molecule has 4 heteroatoms. The van der Waals surface area contributed by atoms with Crippen molar-refractivity contribution in [1.29, 1.82) is 0 Å². The molecule has 0 aliphatic carbocycles. The Hall–Kier alpha value is -1.81. The fourth-order valence-corrected chi connectivity index (χ4v) is 1.86. The molecule has 0 atom stereocenters. The lowest BCUT2D eigenvalue weighted by Gasteiger charge is -2.14. The number of amides is 1. The van der Waals surface area contributed by atoms with E-state index in [1.165, 1.54) is 9.99 Å². The highest BCUT2D eigenvalue weighted by atomic mass is 79.9. The summed E-state index contributed by atoms with van der Waals surface area (Å²) in [7, 11) is 0. The lowest BCUT2D eigenvalue weighted by Crippen LogP contribution is -2.20. The molecule has 0 radical (unpaired) electrons.